The van der Waals surface area contributed by atoms with E-state index < -0.39 is 0 Å². The van der Waals surface area contributed by atoms with E-state index in [2.05, 4.69) is 53.1 Å². The Kier molecular flexibility index (Phi) is 9.59. The maximum atomic E-state index is 9.43. The van der Waals surface area contributed by atoms with Crippen molar-refractivity contribution in [2.45, 2.75) is 65.5 Å². The molecule has 0 spiro atoms. The molecule has 1 aliphatic rings. The molecule has 0 saturated carbocycles. The smallest absolute Gasteiger partial charge is 0.191 e. The minimum atomic E-state index is 0.112. The van der Waals surface area contributed by atoms with E-state index in [1.54, 1.807) is 11.3 Å². The average Bonchev–Trinajstić information content (AvgIpc) is 3.20. The molecule has 1 aliphatic heterocycles. The van der Waals surface area contributed by atoms with Crippen molar-refractivity contribution in [3.05, 3.63) is 22.4 Å². The third kappa shape index (κ3) is 7.09. The van der Waals surface area contributed by atoms with E-state index in [0.717, 1.165) is 70.8 Å². The van der Waals surface area contributed by atoms with Gasteiger partial charge in [0.2, 0.25) is 0 Å². The molecular formula is C21H38N4OS. The lowest BCUT2D eigenvalue weighted by atomic mass is 9.79. The molecular weight excluding hydrogens is 356 g/mol. The first-order chi connectivity index (χ1) is 13.1. The zero-order valence-corrected chi connectivity index (χ0v) is 18.2. The monoisotopic (exact) mass is 394 g/mol. The number of piperidine rings is 1. The quantitative estimate of drug-likeness (QED) is 0.420. The van der Waals surface area contributed by atoms with Crippen LogP contribution < -0.4 is 10.6 Å². The van der Waals surface area contributed by atoms with Crippen molar-refractivity contribution >= 4 is 17.3 Å². The highest BCUT2D eigenvalue weighted by molar-refractivity contribution is 7.07. The summed E-state index contributed by atoms with van der Waals surface area (Å²) in [7, 11) is 0. The van der Waals surface area contributed by atoms with Crippen LogP contribution in [0.4, 0.5) is 0 Å². The first-order valence-electron chi connectivity index (χ1n) is 10.5. The Bertz CT molecular complexity index is 534. The second kappa shape index (κ2) is 11.7. The molecule has 154 valence electrons. The number of aliphatic hydroxyl groups is 1. The van der Waals surface area contributed by atoms with E-state index in [4.69, 9.17) is 4.99 Å². The summed E-state index contributed by atoms with van der Waals surface area (Å²) in [6, 6.07) is 2.71. The molecule has 1 fully saturated rings. The van der Waals surface area contributed by atoms with Crippen LogP contribution in [-0.2, 0) is 6.54 Å². The van der Waals surface area contributed by atoms with Crippen LogP contribution in [0.2, 0.25) is 0 Å². The van der Waals surface area contributed by atoms with Crippen LogP contribution >= 0.6 is 11.3 Å². The van der Waals surface area contributed by atoms with Gasteiger partial charge < -0.3 is 15.7 Å². The van der Waals surface area contributed by atoms with Gasteiger partial charge in [0.15, 0.2) is 5.96 Å². The number of hydrogen-bond donors (Lipinski definition) is 3. The van der Waals surface area contributed by atoms with Crippen LogP contribution in [0.3, 0.4) is 0 Å². The summed E-state index contributed by atoms with van der Waals surface area (Å²) in [5.74, 6) is 0.929. The van der Waals surface area contributed by atoms with Crippen molar-refractivity contribution < 1.29 is 5.11 Å². The van der Waals surface area contributed by atoms with Gasteiger partial charge in [0, 0.05) is 45.4 Å². The summed E-state index contributed by atoms with van der Waals surface area (Å²) in [5, 5.41) is 20.9. The van der Waals surface area contributed by atoms with Gasteiger partial charge in [0.05, 0.1) is 0 Å². The van der Waals surface area contributed by atoms with Gasteiger partial charge in [-0.25, -0.2) is 0 Å². The van der Waals surface area contributed by atoms with Crippen molar-refractivity contribution in [3.63, 3.8) is 0 Å². The van der Waals surface area contributed by atoms with Crippen molar-refractivity contribution in [1.82, 2.24) is 15.5 Å². The number of rotatable bonds is 10. The van der Waals surface area contributed by atoms with Gasteiger partial charge in [0.25, 0.3) is 0 Å². The van der Waals surface area contributed by atoms with E-state index in [1.165, 1.54) is 5.56 Å². The first-order valence-corrected chi connectivity index (χ1v) is 11.5. The second-order valence-corrected chi connectivity index (χ2v) is 8.48. The van der Waals surface area contributed by atoms with Crippen LogP contribution in [-0.4, -0.2) is 54.8 Å². The Morgan fingerprint density at radius 2 is 2.04 bits per heavy atom. The molecule has 0 atom stereocenters. The topological polar surface area (TPSA) is 59.9 Å². The van der Waals surface area contributed by atoms with Crippen molar-refractivity contribution in [1.29, 1.82) is 0 Å². The van der Waals surface area contributed by atoms with Crippen LogP contribution in [0, 0.1) is 5.41 Å². The minimum Gasteiger partial charge on any atom is -0.396 e. The van der Waals surface area contributed by atoms with Crippen LogP contribution in [0.25, 0.3) is 0 Å². The predicted molar refractivity (Wildman–Crippen MR) is 116 cm³/mol. The Labute approximate surface area is 169 Å². The third-order valence-corrected chi connectivity index (χ3v) is 6.71. The molecule has 1 aromatic heterocycles. The van der Waals surface area contributed by atoms with Gasteiger partial charge in [-0.3, -0.25) is 9.89 Å². The van der Waals surface area contributed by atoms with Gasteiger partial charge in [-0.1, -0.05) is 13.8 Å². The number of aliphatic hydroxyl groups excluding tert-OH is 1. The fraction of sp³-hybridized carbons (Fsp3) is 0.762. The molecule has 0 aliphatic carbocycles. The highest BCUT2D eigenvalue weighted by Gasteiger charge is 2.26. The summed E-state index contributed by atoms with van der Waals surface area (Å²) in [5.41, 5.74) is 1.54. The molecule has 0 radical (unpaired) electrons. The molecule has 0 aromatic carbocycles. The predicted octanol–water partition coefficient (Wildman–Crippen LogP) is 3.46. The summed E-state index contributed by atoms with van der Waals surface area (Å²) >= 11 is 1.78. The number of guanidine groups is 1. The number of likely N-dealkylation sites (tertiary alicyclic amines) is 1. The molecule has 2 rings (SSSR count). The SMILES string of the molecule is CCNC(=NCC(CC)(CC)CCO)NC1CCN(Cc2ccsc2)CC1. The Hall–Kier alpha value is -1.11. The van der Waals surface area contributed by atoms with E-state index in [9.17, 15) is 5.11 Å². The minimum absolute atomic E-state index is 0.112. The molecule has 2 heterocycles. The first kappa shape index (κ1) is 22.2. The maximum Gasteiger partial charge on any atom is 0.191 e. The Morgan fingerprint density at radius 3 is 2.59 bits per heavy atom. The summed E-state index contributed by atoms with van der Waals surface area (Å²) in [6.45, 7) is 11.7. The largest absolute Gasteiger partial charge is 0.396 e. The second-order valence-electron chi connectivity index (χ2n) is 7.70. The van der Waals surface area contributed by atoms with Crippen LogP contribution in [0.15, 0.2) is 21.8 Å². The number of nitrogens with zero attached hydrogens (tertiary/aromatic N) is 2. The van der Waals surface area contributed by atoms with Crippen LogP contribution in [0.1, 0.15) is 58.4 Å². The van der Waals surface area contributed by atoms with E-state index in [0.29, 0.717) is 6.04 Å². The molecule has 0 unspecified atom stereocenters. The van der Waals surface area contributed by atoms with E-state index in [1.807, 2.05) is 0 Å². The van der Waals surface area contributed by atoms with E-state index >= 15 is 0 Å². The lowest BCUT2D eigenvalue weighted by Crippen LogP contribution is -2.48. The highest BCUT2D eigenvalue weighted by atomic mass is 32.1. The summed E-state index contributed by atoms with van der Waals surface area (Å²) in [6.07, 6.45) is 5.22. The summed E-state index contributed by atoms with van der Waals surface area (Å²) in [4.78, 5) is 7.44. The molecule has 0 bridgehead atoms. The average molecular weight is 395 g/mol. The molecule has 6 heteroatoms. The van der Waals surface area contributed by atoms with Gasteiger partial charge >= 0.3 is 0 Å². The normalized spacial score (nSPS) is 17.3. The fourth-order valence-corrected chi connectivity index (χ4v) is 4.44. The molecule has 5 nitrogen and oxygen atoms in total. The van der Waals surface area contributed by atoms with Crippen molar-refractivity contribution in [2.75, 3.05) is 32.8 Å². The number of aliphatic imine (C=N–C) groups is 1. The maximum absolute atomic E-state index is 9.43. The molecule has 0 amide bonds. The lowest BCUT2D eigenvalue weighted by molar-refractivity contribution is 0.175. The zero-order chi connectivity index (χ0) is 19.5. The zero-order valence-electron chi connectivity index (χ0n) is 17.3. The third-order valence-electron chi connectivity index (χ3n) is 5.97. The molecule has 27 heavy (non-hydrogen) atoms. The van der Waals surface area contributed by atoms with Crippen LogP contribution in [0.5, 0.6) is 0 Å². The van der Waals surface area contributed by atoms with Gasteiger partial charge in [-0.05, 0) is 66.8 Å². The van der Waals surface area contributed by atoms with E-state index in [-0.39, 0.29) is 12.0 Å². The lowest BCUT2D eigenvalue weighted by Gasteiger charge is -2.33. The van der Waals surface area contributed by atoms with Gasteiger partial charge in [0.1, 0.15) is 0 Å². The molecule has 1 saturated heterocycles. The molecule has 1 aromatic rings. The Morgan fingerprint density at radius 1 is 1.30 bits per heavy atom. The fourth-order valence-electron chi connectivity index (χ4n) is 3.78. The van der Waals surface area contributed by atoms with Gasteiger partial charge in [-0.15, -0.1) is 0 Å². The standard InChI is InChI=1S/C21H38N4OS/c1-4-21(5-2,10-13-26)17-23-20(22-6-3)24-19-7-11-25(12-8-19)15-18-9-14-27-16-18/h9,14,16,19,26H,4-8,10-13,15,17H2,1-3H3,(H2,22,23,24). The van der Waals surface area contributed by atoms with Gasteiger partial charge in [-0.2, -0.15) is 11.3 Å². The number of thiophene rings is 1. The van der Waals surface area contributed by atoms with Crippen molar-refractivity contribution in [3.8, 4) is 0 Å². The summed E-state index contributed by atoms with van der Waals surface area (Å²) < 4.78 is 0. The molecule has 3 N–H and O–H groups in total. The number of hydrogen-bond acceptors (Lipinski definition) is 4. The highest BCUT2D eigenvalue weighted by Crippen LogP contribution is 2.30. The Balaban J connectivity index is 1.86. The van der Waals surface area contributed by atoms with Crippen molar-refractivity contribution in [2.24, 2.45) is 10.4 Å². The number of nitrogens with one attached hydrogen (secondary N) is 2.